The molecule has 0 saturated carbocycles. The zero-order valence-corrected chi connectivity index (χ0v) is 83.6. The molecular formula is C136H92Cl4F2N8. The van der Waals surface area contributed by atoms with Crippen LogP contribution in [0.15, 0.2) is 558 Å². The molecule has 8 nitrogen and oxygen atoms in total. The molecule has 0 N–H and O–H groups in total. The van der Waals surface area contributed by atoms with Crippen LogP contribution in [0.1, 0.15) is 6.85 Å². The predicted molar refractivity (Wildman–Crippen MR) is 630 cm³/mol. The molecule has 0 saturated heterocycles. The van der Waals surface area contributed by atoms with Crippen molar-refractivity contribution in [1.29, 1.82) is 0 Å². The van der Waals surface area contributed by atoms with Crippen LogP contribution >= 0.6 is 46.4 Å². The normalized spacial score (nSPS) is 11.7. The lowest BCUT2D eigenvalue weighted by Crippen LogP contribution is -2.11. The number of nitrogens with zero attached hydrogens (tertiary/aromatic N) is 8. The van der Waals surface area contributed by atoms with E-state index in [2.05, 4.69) is 368 Å². The monoisotopic (exact) mass is 2020 g/mol. The molecule has 0 aliphatic carbocycles. The molecule has 0 fully saturated rings. The van der Waals surface area contributed by atoms with Gasteiger partial charge in [0.2, 0.25) is 0 Å². The summed E-state index contributed by atoms with van der Waals surface area (Å²) in [6.45, 7) is 0. The van der Waals surface area contributed by atoms with Crippen LogP contribution in [-0.4, -0.2) is 18.3 Å². The predicted octanol–water partition coefficient (Wildman–Crippen LogP) is 40.4. The molecule has 718 valence electrons. The molecule has 23 aromatic carbocycles. The summed E-state index contributed by atoms with van der Waals surface area (Å²) in [5.74, 6) is -1.28. The minimum absolute atomic E-state index is 0.0655. The Morgan fingerprint density at radius 2 is 0.473 bits per heavy atom. The van der Waals surface area contributed by atoms with Gasteiger partial charge in [-0.15, -0.1) is 0 Å². The molecule has 27 rings (SSSR count). The van der Waals surface area contributed by atoms with Crippen LogP contribution in [0.3, 0.4) is 0 Å². The van der Waals surface area contributed by atoms with Gasteiger partial charge in [0.15, 0.2) is 0 Å². The van der Waals surface area contributed by atoms with Crippen LogP contribution < -0.4 is 19.6 Å². The van der Waals surface area contributed by atoms with Crippen molar-refractivity contribution in [3.05, 3.63) is 590 Å². The Balaban J connectivity index is 0.000000109. The highest BCUT2D eigenvalue weighted by Crippen LogP contribution is 2.49. The van der Waals surface area contributed by atoms with Crippen molar-refractivity contribution < 1.29 is 15.6 Å². The second-order valence-corrected chi connectivity index (χ2v) is 38.1. The van der Waals surface area contributed by atoms with Gasteiger partial charge in [-0.1, -0.05) is 338 Å². The average Bonchev–Trinajstić information content (AvgIpc) is 1.60. The highest BCUT2D eigenvalue weighted by Gasteiger charge is 2.27. The van der Waals surface area contributed by atoms with E-state index in [0.29, 0.717) is 27.1 Å². The van der Waals surface area contributed by atoms with Gasteiger partial charge in [0, 0.05) is 160 Å². The molecule has 0 aliphatic heterocycles. The first-order chi connectivity index (χ1) is 76.0. The van der Waals surface area contributed by atoms with E-state index in [0.717, 1.165) is 166 Å². The van der Waals surface area contributed by atoms with Crippen molar-refractivity contribution in [1.82, 2.24) is 18.3 Å². The smallest absolute Gasteiger partial charge is 0.128 e. The van der Waals surface area contributed by atoms with E-state index in [-0.39, 0.29) is 17.8 Å². The minimum Gasteiger partial charge on any atom is -0.310 e. The van der Waals surface area contributed by atoms with Crippen LogP contribution in [0.4, 0.5) is 77.0 Å². The number of hydrogen-bond donors (Lipinski definition) is 0. The number of benzene rings is 23. The van der Waals surface area contributed by atoms with Crippen molar-refractivity contribution >= 4 is 213 Å². The summed E-state index contributed by atoms with van der Waals surface area (Å²) in [6, 6.07) is 175. The van der Waals surface area contributed by atoms with Crippen LogP contribution in [0.25, 0.3) is 143 Å². The molecule has 4 heterocycles. The lowest BCUT2D eigenvalue weighted by Gasteiger charge is -2.28. The van der Waals surface area contributed by atoms with Crippen molar-refractivity contribution in [3.8, 4) is 45.0 Å². The zero-order valence-electron chi connectivity index (χ0n) is 85.6. The summed E-state index contributed by atoms with van der Waals surface area (Å²) >= 11 is 25.4. The third-order valence-corrected chi connectivity index (χ3v) is 28.4. The lowest BCUT2D eigenvalue weighted by molar-refractivity contribution is 0.584. The van der Waals surface area contributed by atoms with E-state index in [4.69, 9.17) is 53.3 Å². The van der Waals surface area contributed by atoms with Crippen LogP contribution in [0, 0.1) is 11.6 Å². The number of anilines is 12. The summed E-state index contributed by atoms with van der Waals surface area (Å²) in [7, 11) is 0. The Labute approximate surface area is 894 Å². The number of halogens is 6. The molecule has 27 aromatic rings. The van der Waals surface area contributed by atoms with E-state index in [1.807, 2.05) is 138 Å². The van der Waals surface area contributed by atoms with Gasteiger partial charge < -0.3 is 37.9 Å². The Morgan fingerprint density at radius 1 is 0.187 bits per heavy atom. The highest BCUT2D eigenvalue weighted by atomic mass is 35.5. The summed E-state index contributed by atoms with van der Waals surface area (Å²) in [5.41, 5.74) is 27.2. The number of hydrogen-bond acceptors (Lipinski definition) is 4. The zero-order chi connectivity index (χ0) is 105. The van der Waals surface area contributed by atoms with Gasteiger partial charge in [0.05, 0.1) is 62.4 Å². The SMILES string of the molecule is Clc1ccc(N(c2ccc3c4ccccc4n(-c4ccccc4)c3c2)c2ccccc2-c2ccccc2)cc1.Clc1ccc(N(c2ccccc2)c2ccc3c4ccccc4n(-c4ccccc4)c3c2)cc1-c1ccccc1.Fc1cc(F)cc(N(c2ccc(Cl)cc2)c2ccc3c4ccccc4n(-c4ccccc4)c3c2)c1.[2H]c1c([2H])c([2H])c(N(c2ccc(Cl)cc2)c2ccc3c4cc5ccccc5cc4n(-c4ccccc4)c3c2)c([2H])c1[2H]. The second-order valence-electron chi connectivity index (χ2n) is 36.4. The van der Waals surface area contributed by atoms with Crippen LogP contribution in [-0.2, 0) is 0 Å². The summed E-state index contributed by atoms with van der Waals surface area (Å²) < 4.78 is 80.0. The van der Waals surface area contributed by atoms with Crippen LogP contribution in [0.5, 0.6) is 0 Å². The first-order valence-corrected chi connectivity index (χ1v) is 50.8. The van der Waals surface area contributed by atoms with Gasteiger partial charge >= 0.3 is 0 Å². The maximum Gasteiger partial charge on any atom is 0.128 e. The van der Waals surface area contributed by atoms with Gasteiger partial charge in [0.1, 0.15) is 11.6 Å². The molecule has 150 heavy (non-hydrogen) atoms. The molecule has 0 aliphatic rings. The quantitative estimate of drug-likeness (QED) is 0.0857. The Kier molecular flexibility index (Phi) is 24.5. The molecule has 14 heteroatoms. The molecule has 0 radical (unpaired) electrons. The fraction of sp³-hybridized carbons (Fsp3) is 0. The largest absolute Gasteiger partial charge is 0.310 e. The Bertz CT molecular complexity index is 9880. The van der Waals surface area contributed by atoms with Crippen molar-refractivity contribution in [3.63, 3.8) is 0 Å². The average molecular weight is 2020 g/mol. The summed E-state index contributed by atoms with van der Waals surface area (Å²) in [4.78, 5) is 8.16. The number of rotatable bonds is 18. The van der Waals surface area contributed by atoms with Crippen molar-refractivity contribution in [2.75, 3.05) is 19.6 Å². The number of aromatic nitrogens is 4. The van der Waals surface area contributed by atoms with E-state index in [9.17, 15) is 8.78 Å². The molecule has 0 unspecified atom stereocenters. The highest BCUT2D eigenvalue weighted by molar-refractivity contribution is 6.34. The topological polar surface area (TPSA) is 32.7 Å². The maximum absolute atomic E-state index is 14.3. The maximum atomic E-state index is 14.3. The molecule has 0 atom stereocenters. The van der Waals surface area contributed by atoms with Gasteiger partial charge in [0.25, 0.3) is 0 Å². The van der Waals surface area contributed by atoms with Gasteiger partial charge in [-0.2, -0.15) is 0 Å². The second kappa shape index (κ2) is 41.7. The van der Waals surface area contributed by atoms with E-state index < -0.39 is 29.8 Å². The summed E-state index contributed by atoms with van der Waals surface area (Å²) in [5, 5.41) is 14.1. The Hall–Kier alpha value is -18.3. The van der Waals surface area contributed by atoms with Gasteiger partial charge in [-0.25, -0.2) is 8.78 Å². The third-order valence-electron chi connectivity index (χ3n) is 27.3. The first kappa shape index (κ1) is 88.2. The van der Waals surface area contributed by atoms with Crippen molar-refractivity contribution in [2.45, 2.75) is 0 Å². The standard InChI is InChI=1S/2C36H25ClN2.C34H23ClN2.C30H19ClF2N2/c37-34-23-21-29(24-33(34)26-12-4-1-5-13-26)38(27-14-6-2-7-15-27)30-20-22-32-31-18-10-11-19-35(31)39(36(32)25-30)28-16-8-3-9-17-28;37-27-19-21-29(22-20-27)38(34-17-9-7-15-31(34)26-11-3-1-4-12-26)30-23-24-33-32-16-8-10-18-35(32)39(36(33)25-30)28-13-5-2-6-14-28;35-26-15-17-29(18-16-26)36(27-11-3-1-4-12-27)30-19-20-31-32-21-24-9-7-8-10-25(24)22-33(32)37(34(31)23-30)28-13-5-2-6-14-28;31-20-10-12-24(13-11-20)34(26-17-21(32)16-22(33)18-26)25-14-15-28-27-8-4-5-9-29(27)35(30(28)19-25)23-6-2-1-3-7-23/h2*1-25H;1-23H;1-19H/i;;1D,3D,4D,11D,12D;. The van der Waals surface area contributed by atoms with E-state index in [1.54, 1.807) is 41.3 Å². The molecule has 0 bridgehead atoms. The molecular weight excluding hydrogens is 1930 g/mol. The summed E-state index contributed by atoms with van der Waals surface area (Å²) in [6.07, 6.45) is 0. The fourth-order valence-corrected chi connectivity index (χ4v) is 21.3. The van der Waals surface area contributed by atoms with E-state index >= 15 is 0 Å². The molecule has 0 spiro atoms. The van der Waals surface area contributed by atoms with E-state index in [1.165, 1.54) is 50.3 Å². The fourth-order valence-electron chi connectivity index (χ4n) is 20.7. The number of fused-ring (bicyclic) bond motifs is 13. The first-order valence-electron chi connectivity index (χ1n) is 51.8. The third kappa shape index (κ3) is 18.6. The Morgan fingerprint density at radius 3 is 0.900 bits per heavy atom. The lowest BCUT2D eigenvalue weighted by atomic mass is 10.0. The minimum atomic E-state index is -0.640. The molecule has 4 aromatic heterocycles. The van der Waals surface area contributed by atoms with Crippen molar-refractivity contribution in [2.24, 2.45) is 0 Å². The van der Waals surface area contributed by atoms with Crippen LogP contribution in [0.2, 0.25) is 20.1 Å². The number of para-hydroxylation sites is 10. The van der Waals surface area contributed by atoms with Gasteiger partial charge in [-0.3, -0.25) is 0 Å². The molecule has 0 amide bonds. The van der Waals surface area contributed by atoms with Gasteiger partial charge in [-0.05, 0) is 283 Å².